The molecule has 4 aromatic rings. The number of imidazole rings is 1. The molecule has 7 heteroatoms. The maximum Gasteiger partial charge on any atom is 0.235 e. The Bertz CT molecular complexity index is 1350. The predicted octanol–water partition coefficient (Wildman–Crippen LogP) is 6.14. The van der Waals surface area contributed by atoms with E-state index < -0.39 is 17.4 Å². The molecule has 42 heavy (non-hydrogen) atoms. The molecule has 1 aliphatic heterocycles. The Balaban J connectivity index is 0.00000405. The number of likely N-dealkylation sites (tertiary alicyclic amines) is 1. The predicted molar refractivity (Wildman–Crippen MR) is 169 cm³/mol. The van der Waals surface area contributed by atoms with Crippen molar-refractivity contribution in [3.8, 4) is 0 Å². The average Bonchev–Trinajstić information content (AvgIpc) is 3.39. The summed E-state index contributed by atoms with van der Waals surface area (Å²) in [5, 5.41) is 0. The van der Waals surface area contributed by atoms with Gasteiger partial charge in [0.25, 0.3) is 0 Å². The van der Waals surface area contributed by atoms with Crippen molar-refractivity contribution in [2.75, 3.05) is 13.1 Å². The summed E-state index contributed by atoms with van der Waals surface area (Å²) < 4.78 is 2.24. The van der Waals surface area contributed by atoms with Gasteiger partial charge in [-0.15, -0.1) is 12.4 Å². The van der Waals surface area contributed by atoms with Crippen LogP contribution in [0.25, 0.3) is 0 Å². The fourth-order valence-corrected chi connectivity index (χ4v) is 6.44. The lowest BCUT2D eigenvalue weighted by Crippen LogP contribution is -2.45. The van der Waals surface area contributed by atoms with Crippen LogP contribution in [-0.4, -0.2) is 39.4 Å². The zero-order valence-corrected chi connectivity index (χ0v) is 25.3. The Morgan fingerprint density at radius 2 is 1.36 bits per heavy atom. The van der Waals surface area contributed by atoms with Gasteiger partial charge in [-0.25, -0.2) is 4.98 Å². The minimum Gasteiger partial charge on any atom is -0.369 e. The summed E-state index contributed by atoms with van der Waals surface area (Å²) in [5.41, 5.74) is 10.3. The van der Waals surface area contributed by atoms with Crippen molar-refractivity contribution in [2.24, 2.45) is 17.6 Å². The third kappa shape index (κ3) is 6.00. The smallest absolute Gasteiger partial charge is 0.235 e. The lowest BCUT2D eigenvalue weighted by atomic mass is 9.76. The van der Waals surface area contributed by atoms with Crippen molar-refractivity contribution in [1.29, 1.82) is 0 Å². The van der Waals surface area contributed by atoms with Crippen molar-refractivity contribution in [3.63, 3.8) is 0 Å². The molecule has 3 aromatic carbocycles. The maximum absolute atomic E-state index is 13.4. The number of carbonyl (C=O) groups is 2. The molecule has 1 saturated heterocycles. The first-order valence-electron chi connectivity index (χ1n) is 14.7. The Morgan fingerprint density at radius 3 is 1.79 bits per heavy atom. The Morgan fingerprint density at radius 1 is 0.881 bits per heavy atom. The molecule has 1 aliphatic rings. The van der Waals surface area contributed by atoms with Crippen LogP contribution in [0.5, 0.6) is 0 Å². The summed E-state index contributed by atoms with van der Waals surface area (Å²) >= 11 is 0. The van der Waals surface area contributed by atoms with Crippen LogP contribution in [0.1, 0.15) is 60.7 Å². The number of halogens is 1. The van der Waals surface area contributed by atoms with Crippen molar-refractivity contribution in [2.45, 2.75) is 51.5 Å². The zero-order valence-electron chi connectivity index (χ0n) is 24.5. The summed E-state index contributed by atoms with van der Waals surface area (Å²) in [6.45, 7) is 5.66. The number of rotatable bonds is 10. The Hall–Kier alpha value is -3.90. The minimum absolute atomic E-state index is 0. The molecule has 0 aliphatic carbocycles. The van der Waals surface area contributed by atoms with E-state index in [9.17, 15) is 9.59 Å². The fourth-order valence-electron chi connectivity index (χ4n) is 6.44. The molecule has 2 amide bonds. The summed E-state index contributed by atoms with van der Waals surface area (Å²) in [7, 11) is 0. The second kappa shape index (κ2) is 13.8. The van der Waals surface area contributed by atoms with E-state index in [2.05, 4.69) is 91.2 Å². The van der Waals surface area contributed by atoms with E-state index >= 15 is 0 Å². The van der Waals surface area contributed by atoms with Crippen molar-refractivity contribution in [1.82, 2.24) is 14.5 Å². The number of hydrogen-bond acceptors (Lipinski definition) is 3. The normalized spacial score (nSPS) is 14.7. The molecule has 0 unspecified atom stereocenters. The van der Waals surface area contributed by atoms with Crippen LogP contribution < -0.4 is 5.73 Å². The highest BCUT2D eigenvalue weighted by atomic mass is 35.5. The highest BCUT2D eigenvalue weighted by Gasteiger charge is 2.40. The second-order valence-corrected chi connectivity index (χ2v) is 11.1. The van der Waals surface area contributed by atoms with Crippen LogP contribution in [0.4, 0.5) is 0 Å². The van der Waals surface area contributed by atoms with E-state index in [1.807, 2.05) is 29.4 Å². The summed E-state index contributed by atoms with van der Waals surface area (Å²) in [4.78, 5) is 32.5. The highest BCUT2D eigenvalue weighted by Crippen LogP contribution is 2.42. The number of hydrogen-bond donors (Lipinski definition) is 1. The summed E-state index contributed by atoms with van der Waals surface area (Å²) in [6.07, 6.45) is 5.82. The molecule has 0 radical (unpaired) electrons. The number of primary amides is 1. The van der Waals surface area contributed by atoms with Gasteiger partial charge in [0.15, 0.2) is 0 Å². The number of aromatic nitrogens is 2. The van der Waals surface area contributed by atoms with Gasteiger partial charge in [0.05, 0.1) is 12.0 Å². The van der Waals surface area contributed by atoms with E-state index in [0.717, 1.165) is 47.3 Å². The molecule has 1 aromatic heterocycles. The molecular formula is C35H41ClN4O2. The standard InChI is InChI=1S/C35H40N4O2.ClH/c1-3-27-21-23-38(24-22-27)34(41)31(33(36)40)19-20-32-26(2)39(25-37-32)35(28-13-7-4-8-14-28,29-15-9-5-10-16-29)30-17-11-6-12-18-30;/h4-18,25,27,31H,3,19-24H2,1-2H3,(H2,36,40);1H/t31-;/m0./s1. The van der Waals surface area contributed by atoms with E-state index in [-0.39, 0.29) is 18.3 Å². The number of nitrogens with two attached hydrogens (primary N) is 1. The molecule has 0 saturated carbocycles. The topological polar surface area (TPSA) is 81.2 Å². The number of nitrogens with zero attached hydrogens (tertiary/aromatic N) is 3. The van der Waals surface area contributed by atoms with Gasteiger partial charge >= 0.3 is 0 Å². The van der Waals surface area contributed by atoms with Gasteiger partial charge in [-0.1, -0.05) is 104 Å². The molecule has 5 rings (SSSR count). The van der Waals surface area contributed by atoms with Gasteiger partial charge in [-0.05, 0) is 55.2 Å². The molecule has 0 bridgehead atoms. The van der Waals surface area contributed by atoms with Crippen LogP contribution >= 0.6 is 12.4 Å². The van der Waals surface area contributed by atoms with Gasteiger partial charge in [0.1, 0.15) is 11.5 Å². The van der Waals surface area contributed by atoms with Crippen molar-refractivity contribution < 1.29 is 9.59 Å². The van der Waals surface area contributed by atoms with E-state index in [0.29, 0.717) is 31.8 Å². The van der Waals surface area contributed by atoms with Crippen LogP contribution in [0.3, 0.4) is 0 Å². The number of aryl methyl sites for hydroxylation is 1. The van der Waals surface area contributed by atoms with Gasteiger partial charge < -0.3 is 15.2 Å². The minimum atomic E-state index is -0.847. The molecule has 1 fully saturated rings. The van der Waals surface area contributed by atoms with Gasteiger partial charge in [0, 0.05) is 18.8 Å². The lowest BCUT2D eigenvalue weighted by Gasteiger charge is -2.38. The maximum atomic E-state index is 13.4. The molecule has 2 N–H and O–H groups in total. The first-order valence-corrected chi connectivity index (χ1v) is 14.7. The van der Waals surface area contributed by atoms with E-state index in [1.165, 1.54) is 0 Å². The van der Waals surface area contributed by atoms with Crippen molar-refractivity contribution >= 4 is 24.2 Å². The zero-order chi connectivity index (χ0) is 28.8. The molecule has 2 heterocycles. The van der Waals surface area contributed by atoms with Crippen LogP contribution in [-0.2, 0) is 21.5 Å². The van der Waals surface area contributed by atoms with Gasteiger partial charge in [-0.2, -0.15) is 0 Å². The number of carbonyl (C=O) groups excluding carboxylic acids is 2. The molecule has 6 nitrogen and oxygen atoms in total. The fraction of sp³-hybridized carbons (Fsp3) is 0.343. The Labute approximate surface area is 255 Å². The van der Waals surface area contributed by atoms with Gasteiger partial charge in [0.2, 0.25) is 11.8 Å². The number of amides is 2. The molecule has 220 valence electrons. The molecular weight excluding hydrogens is 544 g/mol. The largest absolute Gasteiger partial charge is 0.369 e. The lowest BCUT2D eigenvalue weighted by molar-refractivity contribution is -0.142. The average molecular weight is 585 g/mol. The molecule has 0 spiro atoms. The SMILES string of the molecule is CCC1CCN(C(=O)[C@@H](CCc2ncn(C(c3ccccc3)(c3ccccc3)c3ccccc3)c2C)C(N)=O)CC1.Cl. The first kappa shape index (κ1) is 31.0. The molecule has 1 atom stereocenters. The summed E-state index contributed by atoms with van der Waals surface area (Å²) in [6, 6.07) is 31.4. The monoisotopic (exact) mass is 584 g/mol. The summed E-state index contributed by atoms with van der Waals surface area (Å²) in [5.74, 6) is -0.898. The Kier molecular flexibility index (Phi) is 10.2. The second-order valence-electron chi connectivity index (χ2n) is 11.1. The van der Waals surface area contributed by atoms with Gasteiger partial charge in [-0.3, -0.25) is 9.59 Å². The van der Waals surface area contributed by atoms with E-state index in [4.69, 9.17) is 10.7 Å². The van der Waals surface area contributed by atoms with E-state index in [1.54, 1.807) is 0 Å². The van der Waals surface area contributed by atoms with Crippen LogP contribution in [0, 0.1) is 18.8 Å². The first-order chi connectivity index (χ1) is 20.0. The number of piperidine rings is 1. The number of benzene rings is 3. The third-order valence-electron chi connectivity index (χ3n) is 8.86. The van der Waals surface area contributed by atoms with Crippen LogP contribution in [0.2, 0.25) is 0 Å². The quantitative estimate of drug-likeness (QED) is 0.180. The highest BCUT2D eigenvalue weighted by molar-refractivity contribution is 5.99. The third-order valence-corrected chi connectivity index (χ3v) is 8.86. The van der Waals surface area contributed by atoms with Crippen molar-refractivity contribution in [3.05, 3.63) is 125 Å². The van der Waals surface area contributed by atoms with Crippen LogP contribution in [0.15, 0.2) is 97.3 Å².